The third kappa shape index (κ3) is 3.15. The lowest BCUT2D eigenvalue weighted by Crippen LogP contribution is -2.31. The Morgan fingerprint density at radius 1 is 1.32 bits per heavy atom. The molecule has 0 aliphatic heterocycles. The summed E-state index contributed by atoms with van der Waals surface area (Å²) < 4.78 is 5.20. The molecular weight excluding hydrogens is 240 g/mol. The number of hydrogen-bond donors (Lipinski definition) is 2. The van der Waals surface area contributed by atoms with Crippen LogP contribution in [0.15, 0.2) is 35.1 Å². The van der Waals surface area contributed by atoms with Crippen LogP contribution < -0.4 is 10.9 Å². The van der Waals surface area contributed by atoms with Crippen molar-refractivity contribution in [2.45, 2.75) is 19.9 Å². The SMILES string of the molecule is COCC(Nc1cc2ccccc2c(=O)[nH]1)C(C)C. The zero-order valence-corrected chi connectivity index (χ0v) is 11.6. The van der Waals surface area contributed by atoms with Crippen molar-refractivity contribution < 1.29 is 4.74 Å². The van der Waals surface area contributed by atoms with E-state index in [1.165, 1.54) is 0 Å². The smallest absolute Gasteiger partial charge is 0.257 e. The van der Waals surface area contributed by atoms with Crippen LogP contribution in [0.2, 0.25) is 0 Å². The van der Waals surface area contributed by atoms with Crippen molar-refractivity contribution in [2.75, 3.05) is 19.0 Å². The first-order chi connectivity index (χ1) is 9.11. The Hall–Kier alpha value is -1.81. The maximum absolute atomic E-state index is 12.0. The summed E-state index contributed by atoms with van der Waals surface area (Å²) in [5.74, 6) is 1.15. The number of anilines is 1. The largest absolute Gasteiger partial charge is 0.383 e. The van der Waals surface area contributed by atoms with Gasteiger partial charge in [-0.15, -0.1) is 0 Å². The van der Waals surface area contributed by atoms with Crippen LogP contribution in [-0.4, -0.2) is 24.7 Å². The summed E-state index contributed by atoms with van der Waals surface area (Å²) >= 11 is 0. The molecule has 1 aromatic heterocycles. The molecular formula is C15H20N2O2. The summed E-state index contributed by atoms with van der Waals surface area (Å²) in [6, 6.07) is 9.69. The van der Waals surface area contributed by atoms with E-state index in [2.05, 4.69) is 24.1 Å². The van der Waals surface area contributed by atoms with Crippen LogP contribution in [0.3, 0.4) is 0 Å². The first-order valence-electron chi connectivity index (χ1n) is 6.49. The molecule has 0 aliphatic carbocycles. The number of hydrogen-bond acceptors (Lipinski definition) is 3. The van der Waals surface area contributed by atoms with Crippen molar-refractivity contribution in [1.82, 2.24) is 4.98 Å². The molecule has 2 N–H and O–H groups in total. The molecule has 0 spiro atoms. The first kappa shape index (κ1) is 13.6. The number of aromatic nitrogens is 1. The number of ether oxygens (including phenoxy) is 1. The Balaban J connectivity index is 2.32. The molecule has 0 radical (unpaired) electrons. The van der Waals surface area contributed by atoms with Crippen LogP contribution in [0.1, 0.15) is 13.8 Å². The minimum Gasteiger partial charge on any atom is -0.383 e. The summed E-state index contributed by atoms with van der Waals surface area (Å²) in [5.41, 5.74) is -0.0690. The van der Waals surface area contributed by atoms with Gasteiger partial charge >= 0.3 is 0 Å². The lowest BCUT2D eigenvalue weighted by Gasteiger charge is -2.22. The fourth-order valence-electron chi connectivity index (χ4n) is 2.07. The highest BCUT2D eigenvalue weighted by atomic mass is 16.5. The lowest BCUT2D eigenvalue weighted by atomic mass is 10.1. The fraction of sp³-hybridized carbons (Fsp3) is 0.400. The van der Waals surface area contributed by atoms with Gasteiger partial charge in [-0.25, -0.2) is 0 Å². The predicted octanol–water partition coefficient (Wildman–Crippen LogP) is 2.61. The second kappa shape index (κ2) is 5.89. The van der Waals surface area contributed by atoms with E-state index in [-0.39, 0.29) is 11.6 Å². The van der Waals surface area contributed by atoms with Gasteiger partial charge in [-0.3, -0.25) is 4.79 Å². The van der Waals surface area contributed by atoms with Crippen LogP contribution in [0.4, 0.5) is 5.82 Å². The Kier molecular flexibility index (Phi) is 4.22. The third-order valence-corrected chi connectivity index (χ3v) is 3.25. The van der Waals surface area contributed by atoms with E-state index in [9.17, 15) is 4.79 Å². The molecule has 0 saturated heterocycles. The monoisotopic (exact) mass is 260 g/mol. The van der Waals surface area contributed by atoms with Crippen LogP contribution in [-0.2, 0) is 4.74 Å². The van der Waals surface area contributed by atoms with Gasteiger partial charge in [0.05, 0.1) is 12.6 Å². The molecule has 19 heavy (non-hydrogen) atoms. The predicted molar refractivity (Wildman–Crippen MR) is 78.7 cm³/mol. The number of aromatic amines is 1. The molecule has 1 unspecified atom stereocenters. The van der Waals surface area contributed by atoms with Crippen molar-refractivity contribution in [3.05, 3.63) is 40.7 Å². The van der Waals surface area contributed by atoms with Gasteiger partial charge in [0.2, 0.25) is 0 Å². The lowest BCUT2D eigenvalue weighted by molar-refractivity contribution is 0.171. The molecule has 1 heterocycles. The molecule has 2 rings (SSSR count). The van der Waals surface area contributed by atoms with E-state index in [1.54, 1.807) is 7.11 Å². The van der Waals surface area contributed by atoms with Gasteiger partial charge in [-0.05, 0) is 23.4 Å². The number of methoxy groups -OCH3 is 1. The maximum atomic E-state index is 12.0. The second-order valence-corrected chi connectivity index (χ2v) is 5.05. The van der Waals surface area contributed by atoms with Gasteiger partial charge < -0.3 is 15.0 Å². The molecule has 4 heteroatoms. The van der Waals surface area contributed by atoms with Crippen molar-refractivity contribution in [3.63, 3.8) is 0 Å². The topological polar surface area (TPSA) is 54.1 Å². The normalized spacial score (nSPS) is 12.8. The highest BCUT2D eigenvalue weighted by Crippen LogP contribution is 2.15. The van der Waals surface area contributed by atoms with Crippen molar-refractivity contribution >= 4 is 16.6 Å². The standard InChI is InChI=1S/C15H20N2O2/c1-10(2)13(9-19-3)16-14-8-11-6-4-5-7-12(11)15(18)17-14/h4-8,10,13H,9H2,1-3H3,(H2,16,17,18). The van der Waals surface area contributed by atoms with Crippen molar-refractivity contribution in [2.24, 2.45) is 5.92 Å². The van der Waals surface area contributed by atoms with E-state index >= 15 is 0 Å². The molecule has 2 aromatic rings. The van der Waals surface area contributed by atoms with Gasteiger partial charge in [-0.2, -0.15) is 0 Å². The number of H-pyrrole nitrogens is 1. The van der Waals surface area contributed by atoms with Crippen molar-refractivity contribution in [3.8, 4) is 0 Å². The van der Waals surface area contributed by atoms with Gasteiger partial charge in [0.15, 0.2) is 0 Å². The quantitative estimate of drug-likeness (QED) is 0.869. The molecule has 4 nitrogen and oxygen atoms in total. The molecule has 0 saturated carbocycles. The number of fused-ring (bicyclic) bond motifs is 1. The first-order valence-corrected chi connectivity index (χ1v) is 6.49. The minimum atomic E-state index is -0.0690. The summed E-state index contributed by atoms with van der Waals surface area (Å²) in [7, 11) is 1.68. The Morgan fingerprint density at radius 2 is 2.05 bits per heavy atom. The van der Waals surface area contributed by atoms with Gasteiger partial charge in [0.25, 0.3) is 5.56 Å². The Morgan fingerprint density at radius 3 is 2.74 bits per heavy atom. The zero-order chi connectivity index (χ0) is 13.8. The average Bonchev–Trinajstić information content (AvgIpc) is 2.38. The highest BCUT2D eigenvalue weighted by Gasteiger charge is 2.13. The van der Waals surface area contributed by atoms with E-state index in [0.29, 0.717) is 17.9 Å². The number of nitrogens with one attached hydrogen (secondary N) is 2. The zero-order valence-electron chi connectivity index (χ0n) is 11.6. The number of benzene rings is 1. The third-order valence-electron chi connectivity index (χ3n) is 3.25. The second-order valence-electron chi connectivity index (χ2n) is 5.05. The average molecular weight is 260 g/mol. The molecule has 1 atom stereocenters. The fourth-order valence-corrected chi connectivity index (χ4v) is 2.07. The van der Waals surface area contributed by atoms with Crippen LogP contribution in [0.25, 0.3) is 10.8 Å². The van der Waals surface area contributed by atoms with E-state index in [1.807, 2.05) is 30.3 Å². The van der Waals surface area contributed by atoms with Gasteiger partial charge in [-0.1, -0.05) is 32.0 Å². The van der Waals surface area contributed by atoms with E-state index in [4.69, 9.17) is 4.74 Å². The Labute approximate surface area is 112 Å². The molecule has 102 valence electrons. The maximum Gasteiger partial charge on any atom is 0.257 e. The number of pyridine rings is 1. The van der Waals surface area contributed by atoms with Gasteiger partial charge in [0.1, 0.15) is 5.82 Å². The molecule has 1 aromatic carbocycles. The van der Waals surface area contributed by atoms with Crippen LogP contribution >= 0.6 is 0 Å². The number of rotatable bonds is 5. The van der Waals surface area contributed by atoms with Gasteiger partial charge in [0, 0.05) is 12.5 Å². The summed E-state index contributed by atoms with van der Waals surface area (Å²) in [6.07, 6.45) is 0. The Bertz CT molecular complexity index is 604. The van der Waals surface area contributed by atoms with E-state index < -0.39 is 0 Å². The van der Waals surface area contributed by atoms with E-state index in [0.717, 1.165) is 11.2 Å². The van der Waals surface area contributed by atoms with Crippen LogP contribution in [0, 0.1) is 5.92 Å². The summed E-state index contributed by atoms with van der Waals surface area (Å²) in [5, 5.41) is 4.98. The highest BCUT2D eigenvalue weighted by molar-refractivity contribution is 5.83. The molecule has 0 fully saturated rings. The minimum absolute atomic E-state index is 0.0690. The summed E-state index contributed by atoms with van der Waals surface area (Å²) in [4.78, 5) is 14.9. The summed E-state index contributed by atoms with van der Waals surface area (Å²) in [6.45, 7) is 4.85. The molecule has 0 bridgehead atoms. The van der Waals surface area contributed by atoms with Crippen LogP contribution in [0.5, 0.6) is 0 Å². The molecule has 0 aliphatic rings. The molecule has 0 amide bonds. The van der Waals surface area contributed by atoms with Crippen molar-refractivity contribution in [1.29, 1.82) is 0 Å².